The van der Waals surface area contributed by atoms with E-state index in [0.29, 0.717) is 0 Å². The molecule has 0 amide bonds. The molecule has 0 aliphatic heterocycles. The summed E-state index contributed by atoms with van der Waals surface area (Å²) in [5, 5.41) is 28.0. The van der Waals surface area contributed by atoms with Crippen molar-refractivity contribution in [3.63, 3.8) is 0 Å². The number of benzene rings is 1. The lowest BCUT2D eigenvalue weighted by molar-refractivity contribution is -0.141. The Balaban J connectivity index is 3.07. The predicted octanol–water partition coefficient (Wildman–Crippen LogP) is -0.0756. The zero-order chi connectivity index (χ0) is 14.6. The number of esters is 1. The minimum absolute atomic E-state index is 0.0431. The Bertz CT molecular complexity index is 487. The van der Waals surface area contributed by atoms with Gasteiger partial charge in [0, 0.05) is 5.56 Å². The number of anilines is 1. The molecule has 0 radical (unpaired) electrons. The van der Waals surface area contributed by atoms with Crippen LogP contribution in [0.25, 0.3) is 0 Å². The summed E-state index contributed by atoms with van der Waals surface area (Å²) in [5.74, 6) is -1.94. The number of aliphatic hydroxyl groups excluding tert-OH is 2. The largest absolute Gasteiger partial charge is 0.481 e. The molecule has 0 aliphatic carbocycles. The lowest BCUT2D eigenvalue weighted by Crippen LogP contribution is -2.23. The van der Waals surface area contributed by atoms with Gasteiger partial charge in [0.1, 0.15) is 6.10 Å². The SMILES string of the molecule is COC(=O)c1cccc(C(O)C(O)CC(=O)O)c1N. The number of hydrogen-bond donors (Lipinski definition) is 4. The summed E-state index contributed by atoms with van der Waals surface area (Å²) in [7, 11) is 1.18. The number of carboxylic acid groups (broad SMARTS) is 1. The second kappa shape index (κ2) is 6.17. The van der Waals surface area contributed by atoms with Crippen LogP contribution in [-0.4, -0.2) is 40.5 Å². The second-order valence-corrected chi connectivity index (χ2v) is 3.91. The van der Waals surface area contributed by atoms with Gasteiger partial charge in [0.2, 0.25) is 0 Å². The average Bonchev–Trinajstić information content (AvgIpc) is 2.36. The molecule has 0 bridgehead atoms. The molecule has 0 saturated carbocycles. The van der Waals surface area contributed by atoms with Crippen LogP contribution in [0.15, 0.2) is 18.2 Å². The molecule has 0 saturated heterocycles. The van der Waals surface area contributed by atoms with Crippen molar-refractivity contribution >= 4 is 17.6 Å². The van der Waals surface area contributed by atoms with Crippen LogP contribution in [0, 0.1) is 0 Å². The Morgan fingerprint density at radius 3 is 2.53 bits per heavy atom. The highest BCUT2D eigenvalue weighted by molar-refractivity contribution is 5.95. The summed E-state index contributed by atoms with van der Waals surface area (Å²) in [6.07, 6.45) is -3.66. The van der Waals surface area contributed by atoms with Crippen LogP contribution in [0.4, 0.5) is 5.69 Å². The van der Waals surface area contributed by atoms with Crippen LogP contribution < -0.4 is 5.73 Å². The van der Waals surface area contributed by atoms with Gasteiger partial charge in [0.15, 0.2) is 0 Å². The van der Waals surface area contributed by atoms with Gasteiger partial charge in [-0.15, -0.1) is 0 Å². The van der Waals surface area contributed by atoms with Crippen LogP contribution in [-0.2, 0) is 9.53 Å². The molecule has 5 N–H and O–H groups in total. The summed E-state index contributed by atoms with van der Waals surface area (Å²) >= 11 is 0. The van der Waals surface area contributed by atoms with Gasteiger partial charge in [0.05, 0.1) is 30.9 Å². The van der Waals surface area contributed by atoms with E-state index in [1.165, 1.54) is 25.3 Å². The molecular formula is C12H15NO6. The van der Waals surface area contributed by atoms with Gasteiger partial charge in [-0.2, -0.15) is 0 Å². The number of nitrogen functional groups attached to an aromatic ring is 1. The molecule has 1 rings (SSSR count). The molecule has 0 aliphatic rings. The maximum atomic E-state index is 11.4. The van der Waals surface area contributed by atoms with Gasteiger partial charge in [-0.05, 0) is 6.07 Å². The summed E-state index contributed by atoms with van der Waals surface area (Å²) in [6, 6.07) is 4.26. The van der Waals surface area contributed by atoms with E-state index in [4.69, 9.17) is 10.8 Å². The van der Waals surface area contributed by atoms with E-state index in [-0.39, 0.29) is 16.8 Å². The van der Waals surface area contributed by atoms with Crippen molar-refractivity contribution < 1.29 is 29.6 Å². The molecule has 0 spiro atoms. The zero-order valence-corrected chi connectivity index (χ0v) is 10.2. The first kappa shape index (κ1) is 14.9. The monoisotopic (exact) mass is 269 g/mol. The third-order valence-electron chi connectivity index (χ3n) is 2.61. The van der Waals surface area contributed by atoms with Crippen LogP contribution in [0.1, 0.15) is 28.4 Å². The van der Waals surface area contributed by atoms with Crippen LogP contribution in [0.5, 0.6) is 0 Å². The summed E-state index contributed by atoms with van der Waals surface area (Å²) < 4.78 is 4.52. The maximum absolute atomic E-state index is 11.4. The molecule has 0 fully saturated rings. The highest BCUT2D eigenvalue weighted by Crippen LogP contribution is 2.27. The van der Waals surface area contributed by atoms with Crippen molar-refractivity contribution in [1.82, 2.24) is 0 Å². The first-order valence-electron chi connectivity index (χ1n) is 5.43. The van der Waals surface area contributed by atoms with E-state index in [1.54, 1.807) is 0 Å². The maximum Gasteiger partial charge on any atom is 0.339 e. The first-order chi connectivity index (χ1) is 8.88. The summed E-state index contributed by atoms with van der Waals surface area (Å²) in [5.41, 5.74) is 5.78. The van der Waals surface area contributed by atoms with Crippen LogP contribution in [0.3, 0.4) is 0 Å². The van der Waals surface area contributed by atoms with Gasteiger partial charge >= 0.3 is 11.9 Å². The van der Waals surface area contributed by atoms with Gasteiger partial charge in [-0.25, -0.2) is 4.79 Å². The number of methoxy groups -OCH3 is 1. The summed E-state index contributed by atoms with van der Waals surface area (Å²) in [6.45, 7) is 0. The van der Waals surface area contributed by atoms with Gasteiger partial charge in [-0.3, -0.25) is 4.79 Å². The fraction of sp³-hybridized carbons (Fsp3) is 0.333. The Labute approximate surface area is 109 Å². The molecule has 1 aromatic rings. The Kier molecular flexibility index (Phi) is 4.85. The highest BCUT2D eigenvalue weighted by atomic mass is 16.5. The number of carbonyl (C=O) groups is 2. The van der Waals surface area contributed by atoms with Crippen LogP contribution in [0.2, 0.25) is 0 Å². The van der Waals surface area contributed by atoms with Crippen molar-refractivity contribution in [2.24, 2.45) is 0 Å². The minimum atomic E-state index is -1.52. The number of carboxylic acids is 1. The van der Waals surface area contributed by atoms with E-state index in [9.17, 15) is 19.8 Å². The van der Waals surface area contributed by atoms with Gasteiger partial charge in [0.25, 0.3) is 0 Å². The molecule has 2 atom stereocenters. The number of hydrogen-bond acceptors (Lipinski definition) is 6. The fourth-order valence-corrected chi connectivity index (χ4v) is 1.63. The molecule has 7 nitrogen and oxygen atoms in total. The Hall–Kier alpha value is -2.12. The normalized spacial score (nSPS) is 13.6. The smallest absolute Gasteiger partial charge is 0.339 e. The van der Waals surface area contributed by atoms with Gasteiger partial charge in [-0.1, -0.05) is 12.1 Å². The topological polar surface area (TPSA) is 130 Å². The number of aliphatic hydroxyl groups is 2. The van der Waals surface area contributed by atoms with Crippen molar-refractivity contribution in [1.29, 1.82) is 0 Å². The minimum Gasteiger partial charge on any atom is -0.481 e. The third-order valence-corrected chi connectivity index (χ3v) is 2.61. The first-order valence-corrected chi connectivity index (χ1v) is 5.43. The Morgan fingerprint density at radius 1 is 1.37 bits per heavy atom. The molecule has 104 valence electrons. The predicted molar refractivity (Wildman–Crippen MR) is 65.4 cm³/mol. The molecular weight excluding hydrogens is 254 g/mol. The molecule has 0 heterocycles. The molecule has 0 aromatic heterocycles. The number of rotatable bonds is 5. The Morgan fingerprint density at radius 2 is 2.00 bits per heavy atom. The van der Waals surface area contributed by atoms with E-state index >= 15 is 0 Å². The molecule has 2 unspecified atom stereocenters. The lowest BCUT2D eigenvalue weighted by atomic mass is 9.98. The van der Waals surface area contributed by atoms with E-state index in [0.717, 1.165) is 0 Å². The quantitative estimate of drug-likeness (QED) is 0.434. The second-order valence-electron chi connectivity index (χ2n) is 3.91. The third kappa shape index (κ3) is 3.43. The van der Waals surface area contributed by atoms with Crippen molar-refractivity contribution in [3.8, 4) is 0 Å². The fourth-order valence-electron chi connectivity index (χ4n) is 1.63. The number of para-hydroxylation sites is 1. The number of carbonyl (C=O) groups excluding carboxylic acids is 1. The van der Waals surface area contributed by atoms with Crippen molar-refractivity contribution in [2.45, 2.75) is 18.6 Å². The van der Waals surface area contributed by atoms with Gasteiger partial charge < -0.3 is 25.8 Å². The molecule has 7 heteroatoms. The zero-order valence-electron chi connectivity index (χ0n) is 10.2. The molecule has 1 aromatic carbocycles. The lowest BCUT2D eigenvalue weighted by Gasteiger charge is -2.19. The van der Waals surface area contributed by atoms with Crippen molar-refractivity contribution in [3.05, 3.63) is 29.3 Å². The standard InChI is InChI=1S/C12H15NO6/c1-19-12(18)7-4-2-3-6(10(7)13)11(17)8(14)5-9(15)16/h2-4,8,11,14,17H,5,13H2,1H3,(H,15,16). The number of ether oxygens (including phenoxy) is 1. The van der Waals surface area contributed by atoms with Crippen LogP contribution >= 0.6 is 0 Å². The average molecular weight is 269 g/mol. The number of aliphatic carboxylic acids is 1. The summed E-state index contributed by atoms with van der Waals surface area (Å²) in [4.78, 5) is 21.9. The molecule has 19 heavy (non-hydrogen) atoms. The number of nitrogens with two attached hydrogens (primary N) is 1. The van der Waals surface area contributed by atoms with E-state index < -0.39 is 30.6 Å². The van der Waals surface area contributed by atoms with Crippen molar-refractivity contribution in [2.75, 3.05) is 12.8 Å². The van der Waals surface area contributed by atoms with E-state index in [1.807, 2.05) is 0 Å². The van der Waals surface area contributed by atoms with E-state index in [2.05, 4.69) is 4.74 Å². The highest BCUT2D eigenvalue weighted by Gasteiger charge is 2.25.